The molecule has 0 atom stereocenters. The molecule has 2 amide bonds. The molecular weight excluding hydrogens is 352 g/mol. The van der Waals surface area contributed by atoms with Crippen LogP contribution in [0.4, 0.5) is 9.59 Å². The Morgan fingerprint density at radius 1 is 0.640 bits per heavy atom. The monoisotopic (exact) mass is 388 g/mol. The van der Waals surface area contributed by atoms with Gasteiger partial charge in [0.15, 0.2) is 0 Å². The van der Waals surface area contributed by atoms with Gasteiger partial charge >= 0.3 is 12.2 Å². The molecule has 0 bridgehead atoms. The normalized spacial score (nSPS) is 14.6. The second-order valence-corrected chi connectivity index (χ2v) is 21.0. The van der Waals surface area contributed by atoms with Crippen molar-refractivity contribution in [1.29, 1.82) is 0 Å². The maximum atomic E-state index is 12.4. The van der Waals surface area contributed by atoms with Crippen molar-refractivity contribution < 1.29 is 18.4 Å². The first-order chi connectivity index (χ1) is 10.7. The molecule has 8 heteroatoms. The van der Waals surface area contributed by atoms with E-state index in [0.717, 1.165) is 0 Å². The smallest absolute Gasteiger partial charge is 0.439 e. The molecule has 6 nitrogen and oxygen atoms in total. The second kappa shape index (κ2) is 7.30. The molecule has 0 rings (SSSR count). The van der Waals surface area contributed by atoms with Crippen molar-refractivity contribution in [2.75, 3.05) is 0 Å². The van der Waals surface area contributed by atoms with Crippen LogP contribution >= 0.6 is 0 Å². The summed E-state index contributed by atoms with van der Waals surface area (Å²) in [5.41, 5.74) is 0. The lowest BCUT2D eigenvalue weighted by Crippen LogP contribution is -2.61. The van der Waals surface area contributed by atoms with Crippen molar-refractivity contribution in [2.45, 2.75) is 97.1 Å². The van der Waals surface area contributed by atoms with Crippen LogP contribution in [-0.2, 0) is 8.85 Å². The van der Waals surface area contributed by atoms with Crippen LogP contribution < -0.4 is 0 Å². The number of amides is 2. The van der Waals surface area contributed by atoms with E-state index in [2.05, 4.69) is 72.5 Å². The van der Waals surface area contributed by atoms with E-state index < -0.39 is 28.8 Å². The molecule has 0 saturated carbocycles. The van der Waals surface area contributed by atoms with Crippen LogP contribution in [0.5, 0.6) is 0 Å². The highest BCUT2D eigenvalue weighted by Crippen LogP contribution is 2.62. The molecule has 0 aliphatic rings. The highest BCUT2D eigenvalue weighted by atomic mass is 28.4. The third kappa shape index (κ3) is 6.02. The number of hydrogen-bond donors (Lipinski definition) is 0. The van der Waals surface area contributed by atoms with Crippen molar-refractivity contribution in [1.82, 2.24) is 0 Å². The van der Waals surface area contributed by atoms with E-state index in [1.54, 1.807) is 0 Å². The predicted molar refractivity (Wildman–Crippen MR) is 106 cm³/mol. The van der Waals surface area contributed by atoms with Crippen LogP contribution in [0.25, 0.3) is 0 Å². The van der Waals surface area contributed by atoms with Gasteiger partial charge in [0, 0.05) is 0 Å². The zero-order valence-corrected chi connectivity index (χ0v) is 20.0. The van der Waals surface area contributed by atoms with E-state index in [0.29, 0.717) is 0 Å². The van der Waals surface area contributed by atoms with Crippen LogP contribution in [0.2, 0.25) is 34.8 Å². The minimum absolute atomic E-state index is 0.229. The van der Waals surface area contributed by atoms with Gasteiger partial charge in [-0.25, -0.2) is 9.59 Å². The molecule has 0 aromatic heterocycles. The number of rotatable bonds is 2. The van der Waals surface area contributed by atoms with Crippen LogP contribution in [0.15, 0.2) is 10.2 Å². The highest BCUT2D eigenvalue weighted by molar-refractivity contribution is 6.83. The zero-order chi connectivity index (χ0) is 20.5. The summed E-state index contributed by atoms with van der Waals surface area (Å²) in [7, 11) is -4.80. The molecular formula is C17H36N2O4Si2. The van der Waals surface area contributed by atoms with E-state index in [9.17, 15) is 9.59 Å². The van der Waals surface area contributed by atoms with Gasteiger partial charge in [-0.1, -0.05) is 72.5 Å². The van der Waals surface area contributed by atoms with E-state index >= 15 is 0 Å². The third-order valence-electron chi connectivity index (χ3n) is 4.02. The Labute approximate surface area is 155 Å². The summed E-state index contributed by atoms with van der Waals surface area (Å²) in [4.78, 5) is 24.1. The number of hydrogen-bond acceptors (Lipinski definition) is 4. The van der Waals surface area contributed by atoms with Crippen molar-refractivity contribution in [3.63, 3.8) is 0 Å². The van der Waals surface area contributed by atoms with Crippen molar-refractivity contribution >= 4 is 28.8 Å². The lowest BCUT2D eigenvalue weighted by atomic mass is 10.2. The Morgan fingerprint density at radius 2 is 0.920 bits per heavy atom. The van der Waals surface area contributed by atoms with Gasteiger partial charge in [-0.05, 0) is 34.8 Å². The topological polar surface area (TPSA) is 77.3 Å². The lowest BCUT2D eigenvalue weighted by Gasteiger charge is -2.56. The maximum Gasteiger partial charge on any atom is 0.439 e. The summed E-state index contributed by atoms with van der Waals surface area (Å²) >= 11 is 0. The predicted octanol–water partition coefficient (Wildman–Crippen LogP) is 6.89. The van der Waals surface area contributed by atoms with E-state index in [1.807, 2.05) is 19.6 Å². The summed E-state index contributed by atoms with van der Waals surface area (Å²) in [5.74, 6) is 0. The van der Waals surface area contributed by atoms with Gasteiger partial charge in [-0.3, -0.25) is 0 Å². The second-order valence-electron chi connectivity index (χ2n) is 10.5. The van der Waals surface area contributed by atoms with E-state index in [-0.39, 0.29) is 15.1 Å². The van der Waals surface area contributed by atoms with E-state index in [4.69, 9.17) is 8.85 Å². The Balaban J connectivity index is 5.71. The summed E-state index contributed by atoms with van der Waals surface area (Å²) in [6.45, 7) is 24.4. The molecule has 0 spiro atoms. The van der Waals surface area contributed by atoms with Crippen molar-refractivity contribution in [3.05, 3.63) is 0 Å². The fraction of sp³-hybridized carbons (Fsp3) is 0.882. The Kier molecular flexibility index (Phi) is 7.00. The lowest BCUT2D eigenvalue weighted by molar-refractivity contribution is 0.189. The minimum atomic E-state index is -2.73. The molecule has 25 heavy (non-hydrogen) atoms. The van der Waals surface area contributed by atoms with Crippen LogP contribution in [0.3, 0.4) is 0 Å². The molecule has 0 unspecified atom stereocenters. The van der Waals surface area contributed by atoms with Crippen molar-refractivity contribution in [3.8, 4) is 0 Å². The maximum absolute atomic E-state index is 12.4. The standard InChI is InChI=1S/C17H36N2O4Si2/c1-15(2,3)25(16(4,5)6,17(7,8)9)23-14(21)19-18-13(20)22-24(10,11)12/h1-12H3/b19-18+. The summed E-state index contributed by atoms with van der Waals surface area (Å²) in [6.07, 6.45) is -1.66. The summed E-state index contributed by atoms with van der Waals surface area (Å²) in [5, 5.41) is 6.18. The van der Waals surface area contributed by atoms with Gasteiger partial charge in [0.2, 0.25) is 8.32 Å². The van der Waals surface area contributed by atoms with Gasteiger partial charge in [-0.2, -0.15) is 0 Å². The largest absolute Gasteiger partial charge is 0.502 e. The molecule has 0 heterocycles. The number of azo groups is 1. The van der Waals surface area contributed by atoms with Crippen LogP contribution in [0.1, 0.15) is 62.3 Å². The van der Waals surface area contributed by atoms with Gasteiger partial charge < -0.3 is 8.85 Å². The number of nitrogens with zero attached hydrogens (tertiary/aromatic N) is 2. The van der Waals surface area contributed by atoms with Gasteiger partial charge in [0.1, 0.15) is 0 Å². The zero-order valence-electron chi connectivity index (χ0n) is 18.0. The third-order valence-corrected chi connectivity index (χ3v) is 11.6. The van der Waals surface area contributed by atoms with Gasteiger partial charge in [0.05, 0.1) is 0 Å². The quantitative estimate of drug-likeness (QED) is 0.381. The van der Waals surface area contributed by atoms with E-state index in [1.165, 1.54) is 0 Å². The molecule has 0 aromatic carbocycles. The highest BCUT2D eigenvalue weighted by Gasteiger charge is 2.64. The molecule has 0 radical (unpaired) electrons. The SMILES string of the molecule is CC(C)(C)[Si](OC(=O)/N=N/C(=O)O[Si](C)(C)C)(C(C)(C)C)C(C)(C)C. The molecule has 0 N–H and O–H groups in total. The first kappa shape index (κ1) is 24.0. The first-order valence-electron chi connectivity index (χ1n) is 8.62. The average Bonchev–Trinajstić information content (AvgIpc) is 2.26. The molecule has 146 valence electrons. The van der Waals surface area contributed by atoms with Gasteiger partial charge in [0.25, 0.3) is 8.32 Å². The Hall–Kier alpha value is -1.03. The number of carbonyl (C=O) groups excluding carboxylic acids is 2. The fourth-order valence-corrected chi connectivity index (χ4v) is 12.9. The first-order valence-corrected chi connectivity index (χ1v) is 13.9. The molecule has 0 aromatic rings. The molecule has 0 aliphatic carbocycles. The molecule has 0 saturated heterocycles. The van der Waals surface area contributed by atoms with Crippen LogP contribution in [-0.4, -0.2) is 28.8 Å². The minimum Gasteiger partial charge on any atom is -0.502 e. The molecule has 0 aliphatic heterocycles. The Bertz CT molecular complexity index is 497. The summed E-state index contributed by atoms with van der Waals surface area (Å²) < 4.78 is 11.2. The fourth-order valence-electron chi connectivity index (χ4n) is 4.35. The van der Waals surface area contributed by atoms with Crippen molar-refractivity contribution in [2.24, 2.45) is 10.2 Å². The molecule has 0 fully saturated rings. The average molecular weight is 389 g/mol. The van der Waals surface area contributed by atoms with Gasteiger partial charge in [-0.15, -0.1) is 0 Å². The van der Waals surface area contributed by atoms with Crippen LogP contribution in [0, 0.1) is 0 Å². The summed E-state index contributed by atoms with van der Waals surface area (Å²) in [6, 6.07) is 0. The Morgan fingerprint density at radius 3 is 1.16 bits per heavy atom. The number of carbonyl (C=O) groups is 2.